The first kappa shape index (κ1) is 16.3. The minimum Gasteiger partial charge on any atom is -0.319 e. The maximum atomic E-state index is 12.3. The molecule has 1 aromatic heterocycles. The fourth-order valence-electron chi connectivity index (χ4n) is 2.35. The van der Waals surface area contributed by atoms with E-state index in [1.54, 1.807) is 20.9 Å². The van der Waals surface area contributed by atoms with Gasteiger partial charge in [-0.15, -0.1) is 0 Å². The van der Waals surface area contributed by atoms with Crippen LogP contribution in [0.5, 0.6) is 0 Å². The van der Waals surface area contributed by atoms with Crippen LogP contribution in [0, 0.1) is 30.9 Å². The zero-order valence-electron chi connectivity index (χ0n) is 13.2. The van der Waals surface area contributed by atoms with Gasteiger partial charge in [0.05, 0.1) is 27.4 Å². The van der Waals surface area contributed by atoms with E-state index in [2.05, 4.69) is 10.4 Å². The third-order valence-corrected chi connectivity index (χ3v) is 3.69. The number of rotatable bonds is 4. The van der Waals surface area contributed by atoms with Crippen LogP contribution in [-0.2, 0) is 11.8 Å². The zero-order chi connectivity index (χ0) is 17.3. The van der Waals surface area contributed by atoms with Crippen LogP contribution in [0.25, 0.3) is 0 Å². The summed E-state index contributed by atoms with van der Waals surface area (Å²) in [5, 5.41) is 17.5. The van der Waals surface area contributed by atoms with Crippen LogP contribution in [0.1, 0.15) is 27.3 Å². The number of carbonyl (C=O) groups excluding carboxylic acids is 2. The molecule has 0 aliphatic rings. The van der Waals surface area contributed by atoms with Crippen LogP contribution in [0.3, 0.4) is 0 Å². The van der Waals surface area contributed by atoms with E-state index in [-0.39, 0.29) is 16.9 Å². The molecule has 1 amide bonds. The number of carbonyl (C=O) groups is 2. The fourth-order valence-corrected chi connectivity index (χ4v) is 2.35. The Hall–Kier alpha value is -3.03. The van der Waals surface area contributed by atoms with E-state index >= 15 is 0 Å². The summed E-state index contributed by atoms with van der Waals surface area (Å²) in [5.41, 5.74) is 1.69. The molecule has 0 saturated carbocycles. The van der Waals surface area contributed by atoms with Crippen molar-refractivity contribution in [1.29, 1.82) is 0 Å². The second kappa shape index (κ2) is 5.99. The standard InChI is InChI=1S/C15H16N4O4/c1-8-11(6-5-7-12(8)19(22)23)16-15(21)14(20)13-9(2)17-18(4)10(13)3/h5-7H,1-4H3,(H,16,21). The lowest BCUT2D eigenvalue weighted by atomic mass is 10.1. The third-order valence-electron chi connectivity index (χ3n) is 3.69. The molecule has 2 rings (SSSR count). The van der Waals surface area contributed by atoms with Gasteiger partial charge in [0.1, 0.15) is 0 Å². The predicted octanol–water partition coefficient (Wildman–Crippen LogP) is 2.07. The van der Waals surface area contributed by atoms with Crippen molar-refractivity contribution in [2.24, 2.45) is 7.05 Å². The van der Waals surface area contributed by atoms with Gasteiger partial charge in [0, 0.05) is 18.8 Å². The van der Waals surface area contributed by atoms with Gasteiger partial charge in [0.15, 0.2) is 0 Å². The van der Waals surface area contributed by atoms with E-state index in [1.165, 1.54) is 29.8 Å². The highest BCUT2D eigenvalue weighted by Crippen LogP contribution is 2.25. The second-order valence-electron chi connectivity index (χ2n) is 5.16. The molecule has 0 radical (unpaired) electrons. The van der Waals surface area contributed by atoms with Crippen molar-refractivity contribution in [2.45, 2.75) is 20.8 Å². The molecular formula is C15H16N4O4. The van der Waals surface area contributed by atoms with Gasteiger partial charge in [-0.25, -0.2) is 0 Å². The van der Waals surface area contributed by atoms with Crippen molar-refractivity contribution in [3.63, 3.8) is 0 Å². The zero-order valence-corrected chi connectivity index (χ0v) is 13.2. The normalized spacial score (nSPS) is 10.4. The molecule has 0 atom stereocenters. The summed E-state index contributed by atoms with van der Waals surface area (Å²) < 4.78 is 1.52. The summed E-state index contributed by atoms with van der Waals surface area (Å²) in [6, 6.07) is 4.30. The van der Waals surface area contributed by atoms with Gasteiger partial charge in [-0.05, 0) is 26.8 Å². The molecule has 0 aliphatic carbocycles. The molecule has 23 heavy (non-hydrogen) atoms. The molecule has 1 heterocycles. The average molecular weight is 316 g/mol. The Morgan fingerprint density at radius 3 is 2.43 bits per heavy atom. The van der Waals surface area contributed by atoms with Crippen LogP contribution in [0.15, 0.2) is 18.2 Å². The number of nitro groups is 1. The highest BCUT2D eigenvalue weighted by molar-refractivity contribution is 6.47. The first-order valence-corrected chi connectivity index (χ1v) is 6.84. The lowest BCUT2D eigenvalue weighted by molar-refractivity contribution is -0.385. The first-order chi connectivity index (χ1) is 10.7. The van der Waals surface area contributed by atoms with Crippen LogP contribution in [0.2, 0.25) is 0 Å². The second-order valence-corrected chi connectivity index (χ2v) is 5.16. The fraction of sp³-hybridized carbons (Fsp3) is 0.267. The van der Waals surface area contributed by atoms with Gasteiger partial charge in [-0.1, -0.05) is 6.07 Å². The minimum absolute atomic E-state index is 0.121. The molecule has 8 nitrogen and oxygen atoms in total. The molecule has 1 N–H and O–H groups in total. The Morgan fingerprint density at radius 2 is 1.91 bits per heavy atom. The summed E-state index contributed by atoms with van der Waals surface area (Å²) in [4.78, 5) is 34.9. The van der Waals surface area contributed by atoms with Crippen LogP contribution < -0.4 is 5.32 Å². The number of hydrogen-bond donors (Lipinski definition) is 1. The number of anilines is 1. The first-order valence-electron chi connectivity index (χ1n) is 6.84. The van der Waals surface area contributed by atoms with Crippen molar-refractivity contribution in [3.05, 3.63) is 50.8 Å². The number of amides is 1. The van der Waals surface area contributed by atoms with E-state index in [1.807, 2.05) is 0 Å². The number of nitrogens with zero attached hydrogens (tertiary/aromatic N) is 3. The summed E-state index contributed by atoms with van der Waals surface area (Å²) in [6.07, 6.45) is 0. The monoisotopic (exact) mass is 316 g/mol. The van der Waals surface area contributed by atoms with E-state index in [9.17, 15) is 19.7 Å². The van der Waals surface area contributed by atoms with Gasteiger partial charge >= 0.3 is 0 Å². The molecule has 0 aliphatic heterocycles. The molecule has 0 saturated heterocycles. The summed E-state index contributed by atoms with van der Waals surface area (Å²) >= 11 is 0. The van der Waals surface area contributed by atoms with E-state index in [4.69, 9.17) is 0 Å². The Balaban J connectivity index is 2.31. The predicted molar refractivity (Wildman–Crippen MR) is 83.5 cm³/mol. The van der Waals surface area contributed by atoms with Gasteiger partial charge in [-0.2, -0.15) is 5.10 Å². The van der Waals surface area contributed by atoms with Gasteiger partial charge < -0.3 is 5.32 Å². The number of aromatic nitrogens is 2. The van der Waals surface area contributed by atoms with Gasteiger partial charge in [-0.3, -0.25) is 24.4 Å². The third kappa shape index (κ3) is 2.96. The Morgan fingerprint density at radius 1 is 1.26 bits per heavy atom. The van der Waals surface area contributed by atoms with E-state index in [0.717, 1.165) is 0 Å². The minimum atomic E-state index is -0.854. The largest absolute Gasteiger partial charge is 0.319 e. The topological polar surface area (TPSA) is 107 Å². The molecular weight excluding hydrogens is 300 g/mol. The molecule has 0 unspecified atom stereocenters. The summed E-state index contributed by atoms with van der Waals surface area (Å²) in [5.74, 6) is -1.58. The number of nitrogens with one attached hydrogen (secondary N) is 1. The van der Waals surface area contributed by atoms with E-state index < -0.39 is 16.6 Å². The highest BCUT2D eigenvalue weighted by atomic mass is 16.6. The number of ketones is 1. The quantitative estimate of drug-likeness (QED) is 0.402. The number of Topliss-reactive ketones (excluding diaryl/α,β-unsaturated/α-hetero) is 1. The molecule has 0 fully saturated rings. The number of nitro benzene ring substituents is 1. The molecule has 2 aromatic rings. The van der Waals surface area contributed by atoms with Crippen molar-refractivity contribution < 1.29 is 14.5 Å². The lowest BCUT2D eigenvalue weighted by Crippen LogP contribution is -2.24. The Bertz CT molecular complexity index is 823. The van der Waals surface area contributed by atoms with Crippen molar-refractivity contribution in [2.75, 3.05) is 5.32 Å². The van der Waals surface area contributed by atoms with Crippen LogP contribution in [0.4, 0.5) is 11.4 Å². The smallest absolute Gasteiger partial charge is 0.296 e. The number of hydrogen-bond acceptors (Lipinski definition) is 5. The highest BCUT2D eigenvalue weighted by Gasteiger charge is 2.25. The molecule has 120 valence electrons. The molecule has 1 aromatic carbocycles. The Kier molecular flexibility index (Phi) is 4.26. The molecule has 8 heteroatoms. The maximum absolute atomic E-state index is 12.3. The van der Waals surface area contributed by atoms with Crippen LogP contribution >= 0.6 is 0 Å². The summed E-state index contributed by atoms with van der Waals surface area (Å²) in [6.45, 7) is 4.85. The SMILES string of the molecule is Cc1nn(C)c(C)c1C(=O)C(=O)Nc1cccc([N+](=O)[O-])c1C. The average Bonchev–Trinajstić information content (AvgIpc) is 2.73. The number of aryl methyl sites for hydroxylation is 2. The van der Waals surface area contributed by atoms with Gasteiger partial charge in [0.2, 0.25) is 0 Å². The maximum Gasteiger partial charge on any atom is 0.296 e. The van der Waals surface area contributed by atoms with Crippen molar-refractivity contribution in [3.8, 4) is 0 Å². The van der Waals surface area contributed by atoms with Crippen LogP contribution in [-0.4, -0.2) is 26.4 Å². The Labute approximate surface area is 132 Å². The number of benzene rings is 1. The lowest BCUT2D eigenvalue weighted by Gasteiger charge is -2.08. The van der Waals surface area contributed by atoms with Gasteiger partial charge in [0.25, 0.3) is 17.4 Å². The van der Waals surface area contributed by atoms with E-state index in [0.29, 0.717) is 17.0 Å². The summed E-state index contributed by atoms with van der Waals surface area (Å²) in [7, 11) is 1.68. The van der Waals surface area contributed by atoms with Crippen molar-refractivity contribution in [1.82, 2.24) is 9.78 Å². The van der Waals surface area contributed by atoms with Crippen molar-refractivity contribution >= 4 is 23.1 Å². The molecule has 0 bridgehead atoms. The molecule has 0 spiro atoms.